The molecule has 0 aliphatic carbocycles. The Hall–Kier alpha value is -2.29. The Kier molecular flexibility index (Phi) is 2.56. The fourth-order valence-electron chi connectivity index (χ4n) is 2.47. The second-order valence-corrected chi connectivity index (χ2v) is 5.07. The quantitative estimate of drug-likeness (QED) is 0.817. The highest BCUT2D eigenvalue weighted by atomic mass is 16.2. The van der Waals surface area contributed by atoms with Crippen molar-refractivity contribution < 1.29 is 4.79 Å². The average molecular weight is 252 g/mol. The number of fused-ring (bicyclic) bond motifs is 1. The van der Waals surface area contributed by atoms with Gasteiger partial charge in [-0.2, -0.15) is 0 Å². The minimum Gasteiger partial charge on any atom is -0.366 e. The normalized spacial score (nSPS) is 21.3. The predicted molar refractivity (Wildman–Crippen MR) is 77.2 cm³/mol. The van der Waals surface area contributed by atoms with Gasteiger partial charge in [0.05, 0.1) is 11.4 Å². The molecule has 3 rings (SSSR count). The van der Waals surface area contributed by atoms with E-state index in [2.05, 4.69) is 10.6 Å². The van der Waals surface area contributed by atoms with Crippen molar-refractivity contribution in [3.05, 3.63) is 59.7 Å². The molecule has 0 spiro atoms. The second-order valence-electron chi connectivity index (χ2n) is 5.07. The summed E-state index contributed by atoms with van der Waals surface area (Å²) in [6.07, 6.45) is 0. The monoisotopic (exact) mass is 252 g/mol. The maximum atomic E-state index is 12.4. The van der Waals surface area contributed by atoms with Crippen LogP contribution in [0.15, 0.2) is 48.5 Å². The first-order valence-corrected chi connectivity index (χ1v) is 6.36. The Bertz CT molecular complexity index is 636. The van der Waals surface area contributed by atoms with Crippen LogP contribution < -0.4 is 10.6 Å². The molecular formula is C16H16N2O. The van der Waals surface area contributed by atoms with Crippen LogP contribution in [0, 0.1) is 6.92 Å². The topological polar surface area (TPSA) is 41.1 Å². The van der Waals surface area contributed by atoms with Gasteiger partial charge in [-0.05, 0) is 31.0 Å². The van der Waals surface area contributed by atoms with E-state index in [1.807, 2.05) is 62.4 Å². The Labute approximate surface area is 112 Å². The van der Waals surface area contributed by atoms with E-state index in [4.69, 9.17) is 0 Å². The molecule has 1 heterocycles. The summed E-state index contributed by atoms with van der Waals surface area (Å²) in [5.41, 5.74) is 3.19. The predicted octanol–water partition coefficient (Wildman–Crippen LogP) is 3.27. The molecule has 3 nitrogen and oxygen atoms in total. The van der Waals surface area contributed by atoms with Gasteiger partial charge in [0.15, 0.2) is 0 Å². The molecule has 3 heteroatoms. The van der Waals surface area contributed by atoms with E-state index in [1.165, 1.54) is 0 Å². The third-order valence-corrected chi connectivity index (χ3v) is 3.70. The fraction of sp³-hybridized carbons (Fsp3) is 0.188. The van der Waals surface area contributed by atoms with Crippen molar-refractivity contribution >= 4 is 17.3 Å². The Balaban J connectivity index is 2.11. The second kappa shape index (κ2) is 4.12. The van der Waals surface area contributed by atoms with Crippen molar-refractivity contribution in [1.82, 2.24) is 0 Å². The lowest BCUT2D eigenvalue weighted by molar-refractivity contribution is -0.120. The van der Waals surface area contributed by atoms with E-state index in [1.54, 1.807) is 0 Å². The summed E-state index contributed by atoms with van der Waals surface area (Å²) < 4.78 is 0. The van der Waals surface area contributed by atoms with Gasteiger partial charge in [-0.1, -0.05) is 42.5 Å². The van der Waals surface area contributed by atoms with E-state index in [0.29, 0.717) is 0 Å². The maximum Gasteiger partial charge on any atom is 0.254 e. The first-order valence-electron chi connectivity index (χ1n) is 6.36. The van der Waals surface area contributed by atoms with E-state index in [9.17, 15) is 4.79 Å². The molecule has 1 unspecified atom stereocenters. The van der Waals surface area contributed by atoms with Gasteiger partial charge in [0, 0.05) is 0 Å². The van der Waals surface area contributed by atoms with Crippen LogP contribution in [0.25, 0.3) is 0 Å². The van der Waals surface area contributed by atoms with Gasteiger partial charge in [-0.15, -0.1) is 0 Å². The molecule has 1 atom stereocenters. The molecule has 1 aliphatic rings. The number of anilines is 2. The smallest absolute Gasteiger partial charge is 0.254 e. The number of para-hydroxylation sites is 1. The Morgan fingerprint density at radius 2 is 1.74 bits per heavy atom. The van der Waals surface area contributed by atoms with Gasteiger partial charge >= 0.3 is 0 Å². The molecular weight excluding hydrogens is 236 g/mol. The fourth-order valence-corrected chi connectivity index (χ4v) is 2.47. The highest BCUT2D eigenvalue weighted by Crippen LogP contribution is 2.37. The first kappa shape index (κ1) is 11.8. The van der Waals surface area contributed by atoms with E-state index >= 15 is 0 Å². The number of carbonyl (C=O) groups is 1. The summed E-state index contributed by atoms with van der Waals surface area (Å²) in [6.45, 7) is 3.95. The lowest BCUT2D eigenvalue weighted by atomic mass is 9.88. The van der Waals surface area contributed by atoms with Crippen molar-refractivity contribution in [3.8, 4) is 0 Å². The van der Waals surface area contributed by atoms with Crippen LogP contribution in [0.5, 0.6) is 0 Å². The zero-order chi connectivity index (χ0) is 13.5. The average Bonchev–Trinajstić information content (AvgIpc) is 2.42. The van der Waals surface area contributed by atoms with Crippen LogP contribution in [0.4, 0.5) is 11.4 Å². The molecule has 1 amide bonds. The summed E-state index contributed by atoms with van der Waals surface area (Å²) in [5.74, 6) is -0.0307. The summed E-state index contributed by atoms with van der Waals surface area (Å²) in [4.78, 5) is 12.4. The zero-order valence-corrected chi connectivity index (χ0v) is 11.0. The van der Waals surface area contributed by atoms with Crippen LogP contribution >= 0.6 is 0 Å². The molecule has 0 aromatic heterocycles. The number of hydrogen-bond donors (Lipinski definition) is 2. The molecule has 19 heavy (non-hydrogen) atoms. The van der Waals surface area contributed by atoms with Crippen LogP contribution in [0.1, 0.15) is 18.1 Å². The minimum absolute atomic E-state index is 0.0307. The summed E-state index contributed by atoms with van der Waals surface area (Å²) in [5, 5.41) is 6.38. The van der Waals surface area contributed by atoms with Gasteiger partial charge in [-0.25, -0.2) is 0 Å². The van der Waals surface area contributed by atoms with Gasteiger partial charge < -0.3 is 10.6 Å². The third-order valence-electron chi connectivity index (χ3n) is 3.70. The minimum atomic E-state index is -0.736. The van der Waals surface area contributed by atoms with Crippen LogP contribution in [-0.2, 0) is 10.3 Å². The van der Waals surface area contributed by atoms with Crippen LogP contribution in [0.2, 0.25) is 0 Å². The van der Waals surface area contributed by atoms with Crippen LogP contribution in [0.3, 0.4) is 0 Å². The molecule has 0 bridgehead atoms. The number of benzene rings is 2. The molecule has 2 aromatic carbocycles. The van der Waals surface area contributed by atoms with Gasteiger partial charge in [0.1, 0.15) is 5.54 Å². The number of nitrogens with one attached hydrogen (secondary N) is 2. The number of amides is 1. The van der Waals surface area contributed by atoms with Crippen molar-refractivity contribution in [2.45, 2.75) is 19.4 Å². The lowest BCUT2D eigenvalue weighted by Gasteiger charge is -2.37. The standard InChI is InChI=1S/C16H16N2O/c1-11-7-6-10-13-14(11)18-16(2,15(19)17-13)12-8-4-3-5-9-12/h3-10,18H,1-2H3,(H,17,19). The molecule has 0 fully saturated rings. The van der Waals surface area contributed by atoms with Gasteiger partial charge in [0.2, 0.25) is 0 Å². The van der Waals surface area contributed by atoms with Crippen LogP contribution in [-0.4, -0.2) is 5.91 Å². The Morgan fingerprint density at radius 3 is 2.47 bits per heavy atom. The number of hydrogen-bond acceptors (Lipinski definition) is 2. The molecule has 96 valence electrons. The van der Waals surface area contributed by atoms with Gasteiger partial charge in [-0.3, -0.25) is 4.79 Å². The lowest BCUT2D eigenvalue weighted by Crippen LogP contribution is -2.47. The highest BCUT2D eigenvalue weighted by Gasteiger charge is 2.39. The van der Waals surface area contributed by atoms with E-state index < -0.39 is 5.54 Å². The van der Waals surface area contributed by atoms with Crippen molar-refractivity contribution in [2.75, 3.05) is 10.6 Å². The summed E-state index contributed by atoms with van der Waals surface area (Å²) in [7, 11) is 0. The molecule has 0 radical (unpaired) electrons. The molecule has 2 aromatic rings. The number of rotatable bonds is 1. The largest absolute Gasteiger partial charge is 0.366 e. The number of aryl methyl sites for hydroxylation is 1. The zero-order valence-electron chi connectivity index (χ0n) is 11.0. The molecule has 1 aliphatic heterocycles. The number of carbonyl (C=O) groups excluding carboxylic acids is 1. The van der Waals surface area contributed by atoms with Crippen molar-refractivity contribution in [3.63, 3.8) is 0 Å². The SMILES string of the molecule is Cc1cccc2c1NC(C)(c1ccccc1)C(=O)N2. The highest BCUT2D eigenvalue weighted by molar-refractivity contribution is 6.06. The molecule has 2 N–H and O–H groups in total. The Morgan fingerprint density at radius 1 is 1.00 bits per heavy atom. The third kappa shape index (κ3) is 1.78. The van der Waals surface area contributed by atoms with Gasteiger partial charge in [0.25, 0.3) is 5.91 Å². The first-order chi connectivity index (χ1) is 9.11. The van der Waals surface area contributed by atoms with Crippen molar-refractivity contribution in [1.29, 1.82) is 0 Å². The molecule has 0 saturated heterocycles. The molecule has 0 saturated carbocycles. The summed E-state index contributed by atoms with van der Waals surface area (Å²) >= 11 is 0. The van der Waals surface area contributed by atoms with Crippen molar-refractivity contribution in [2.24, 2.45) is 0 Å². The van der Waals surface area contributed by atoms with E-state index in [0.717, 1.165) is 22.5 Å². The maximum absolute atomic E-state index is 12.4. The summed E-state index contributed by atoms with van der Waals surface area (Å²) in [6, 6.07) is 15.7. The van der Waals surface area contributed by atoms with E-state index in [-0.39, 0.29) is 5.91 Å².